The van der Waals surface area contributed by atoms with Gasteiger partial charge < -0.3 is 19.6 Å². The standard InChI is InChI=1S/C26H33N3O4/c1-4-5-6-7-18-33-21-10-8-19(9-11-21)23-22(24(30)20-12-14-27-15-13-20)25(31)26(32)29(23)17-16-28(2)3/h8-15,23,30H,4-7,16-18H2,1-3H3/b24-22+. The van der Waals surface area contributed by atoms with Gasteiger partial charge in [0.05, 0.1) is 18.2 Å². The number of ketones is 1. The van der Waals surface area contributed by atoms with Gasteiger partial charge in [-0.25, -0.2) is 0 Å². The number of amides is 1. The highest BCUT2D eigenvalue weighted by molar-refractivity contribution is 6.46. The predicted molar refractivity (Wildman–Crippen MR) is 128 cm³/mol. The van der Waals surface area contributed by atoms with Gasteiger partial charge >= 0.3 is 0 Å². The second-order valence-corrected chi connectivity index (χ2v) is 8.51. The topological polar surface area (TPSA) is 83.0 Å². The third kappa shape index (κ3) is 5.99. The summed E-state index contributed by atoms with van der Waals surface area (Å²) in [5.74, 6) is -0.725. The van der Waals surface area contributed by atoms with Gasteiger partial charge in [-0.3, -0.25) is 14.6 Å². The van der Waals surface area contributed by atoms with Crippen molar-refractivity contribution in [1.82, 2.24) is 14.8 Å². The van der Waals surface area contributed by atoms with Gasteiger partial charge in [-0.1, -0.05) is 38.3 Å². The molecule has 0 saturated carbocycles. The van der Waals surface area contributed by atoms with E-state index in [0.29, 0.717) is 25.3 Å². The predicted octanol–water partition coefficient (Wildman–Crippen LogP) is 4.02. The van der Waals surface area contributed by atoms with Gasteiger partial charge in [-0.05, 0) is 50.3 Å². The molecule has 33 heavy (non-hydrogen) atoms. The summed E-state index contributed by atoms with van der Waals surface area (Å²) in [5, 5.41) is 11.0. The van der Waals surface area contributed by atoms with E-state index in [1.165, 1.54) is 17.7 Å². The van der Waals surface area contributed by atoms with Gasteiger partial charge in [0, 0.05) is 31.0 Å². The molecule has 1 atom stereocenters. The van der Waals surface area contributed by atoms with E-state index in [1.54, 1.807) is 24.5 Å². The van der Waals surface area contributed by atoms with Gasteiger partial charge in [-0.15, -0.1) is 0 Å². The Labute approximate surface area is 195 Å². The Balaban J connectivity index is 1.91. The van der Waals surface area contributed by atoms with Crippen LogP contribution in [-0.2, 0) is 9.59 Å². The molecule has 2 aromatic rings. The second-order valence-electron chi connectivity index (χ2n) is 8.51. The minimum Gasteiger partial charge on any atom is -0.507 e. The highest BCUT2D eigenvalue weighted by Crippen LogP contribution is 2.39. The summed E-state index contributed by atoms with van der Waals surface area (Å²) in [6, 6.07) is 10.0. The fraction of sp³-hybridized carbons (Fsp3) is 0.423. The van der Waals surface area contributed by atoms with Crippen LogP contribution in [0.2, 0.25) is 0 Å². The summed E-state index contributed by atoms with van der Waals surface area (Å²) < 4.78 is 5.84. The Morgan fingerprint density at radius 1 is 1.06 bits per heavy atom. The Kier molecular flexibility index (Phi) is 8.60. The van der Waals surface area contributed by atoms with Crippen molar-refractivity contribution >= 4 is 17.4 Å². The summed E-state index contributed by atoms with van der Waals surface area (Å²) in [7, 11) is 3.82. The number of carbonyl (C=O) groups is 2. The highest BCUT2D eigenvalue weighted by atomic mass is 16.5. The molecule has 0 spiro atoms. The normalized spacial score (nSPS) is 17.7. The minimum absolute atomic E-state index is 0.0955. The number of nitrogens with zero attached hydrogens (tertiary/aromatic N) is 3. The molecule has 7 nitrogen and oxygen atoms in total. The van der Waals surface area contributed by atoms with Gasteiger partial charge in [0.25, 0.3) is 11.7 Å². The lowest BCUT2D eigenvalue weighted by molar-refractivity contribution is -0.140. The zero-order chi connectivity index (χ0) is 23.8. The van der Waals surface area contributed by atoms with Crippen molar-refractivity contribution in [2.24, 2.45) is 0 Å². The molecular weight excluding hydrogens is 418 g/mol. The van der Waals surface area contributed by atoms with E-state index in [9.17, 15) is 14.7 Å². The van der Waals surface area contributed by atoms with Crippen LogP contribution in [0.1, 0.15) is 49.8 Å². The second kappa shape index (κ2) is 11.6. The molecule has 2 heterocycles. The van der Waals surface area contributed by atoms with Crippen molar-refractivity contribution in [2.75, 3.05) is 33.8 Å². The fourth-order valence-corrected chi connectivity index (χ4v) is 3.90. The third-order valence-corrected chi connectivity index (χ3v) is 5.74. The molecule has 1 amide bonds. The first kappa shape index (κ1) is 24.5. The maximum absolute atomic E-state index is 13.0. The number of benzene rings is 1. The van der Waals surface area contributed by atoms with Crippen LogP contribution in [0.4, 0.5) is 0 Å². The molecule has 7 heteroatoms. The molecule has 1 saturated heterocycles. The molecule has 176 valence electrons. The van der Waals surface area contributed by atoms with Crippen LogP contribution in [0.3, 0.4) is 0 Å². The van der Waals surface area contributed by atoms with E-state index >= 15 is 0 Å². The number of hydrogen-bond acceptors (Lipinski definition) is 6. The molecule has 1 unspecified atom stereocenters. The zero-order valence-corrected chi connectivity index (χ0v) is 19.7. The van der Waals surface area contributed by atoms with Gasteiger partial charge in [0.15, 0.2) is 0 Å². The van der Waals surface area contributed by atoms with Crippen molar-refractivity contribution in [1.29, 1.82) is 0 Å². The molecular formula is C26H33N3O4. The number of pyridine rings is 1. The van der Waals surface area contributed by atoms with E-state index in [1.807, 2.05) is 43.3 Å². The largest absolute Gasteiger partial charge is 0.507 e. The molecule has 1 aliphatic heterocycles. The summed E-state index contributed by atoms with van der Waals surface area (Å²) in [5.41, 5.74) is 1.30. The quantitative estimate of drug-likeness (QED) is 0.240. The first-order valence-corrected chi connectivity index (χ1v) is 11.5. The lowest BCUT2D eigenvalue weighted by Crippen LogP contribution is -2.35. The first-order valence-electron chi connectivity index (χ1n) is 11.5. The van der Waals surface area contributed by atoms with E-state index in [-0.39, 0.29) is 11.3 Å². The number of aliphatic hydroxyl groups is 1. The summed E-state index contributed by atoms with van der Waals surface area (Å²) in [4.78, 5) is 33.4. The van der Waals surface area contributed by atoms with Crippen molar-refractivity contribution in [3.63, 3.8) is 0 Å². The Morgan fingerprint density at radius 2 is 1.76 bits per heavy atom. The van der Waals surface area contributed by atoms with Crippen molar-refractivity contribution in [2.45, 2.75) is 38.6 Å². The summed E-state index contributed by atoms with van der Waals surface area (Å²) in [6.07, 6.45) is 7.61. The molecule has 1 aromatic heterocycles. The van der Waals surface area contributed by atoms with Crippen molar-refractivity contribution in [3.05, 3.63) is 65.5 Å². The summed E-state index contributed by atoms with van der Waals surface area (Å²) >= 11 is 0. The van der Waals surface area contributed by atoms with Crippen LogP contribution in [0.5, 0.6) is 5.75 Å². The van der Waals surface area contributed by atoms with Gasteiger partial charge in [0.1, 0.15) is 11.5 Å². The molecule has 1 N–H and O–H groups in total. The van der Waals surface area contributed by atoms with Gasteiger partial charge in [-0.2, -0.15) is 0 Å². The molecule has 1 fully saturated rings. The van der Waals surface area contributed by atoms with E-state index < -0.39 is 17.7 Å². The third-order valence-electron chi connectivity index (χ3n) is 5.74. The fourth-order valence-electron chi connectivity index (χ4n) is 3.90. The number of unbranched alkanes of at least 4 members (excludes halogenated alkanes) is 3. The average Bonchev–Trinajstić information content (AvgIpc) is 3.08. The van der Waals surface area contributed by atoms with Crippen LogP contribution in [-0.4, -0.2) is 65.4 Å². The molecule has 0 aliphatic carbocycles. The first-order chi connectivity index (χ1) is 15.9. The number of likely N-dealkylation sites (tertiary alicyclic amines) is 1. The smallest absolute Gasteiger partial charge is 0.295 e. The highest BCUT2D eigenvalue weighted by Gasteiger charge is 2.45. The van der Waals surface area contributed by atoms with Crippen LogP contribution in [0.15, 0.2) is 54.4 Å². The maximum atomic E-state index is 13.0. The van der Waals surface area contributed by atoms with Crippen LogP contribution >= 0.6 is 0 Å². The van der Waals surface area contributed by atoms with Crippen LogP contribution < -0.4 is 4.74 Å². The molecule has 1 aromatic carbocycles. The van der Waals surface area contributed by atoms with Gasteiger partial charge in [0.2, 0.25) is 0 Å². The molecule has 3 rings (SSSR count). The minimum atomic E-state index is -0.677. The summed E-state index contributed by atoms with van der Waals surface area (Å²) in [6.45, 7) is 3.79. The molecule has 0 radical (unpaired) electrons. The van der Waals surface area contributed by atoms with E-state index in [2.05, 4.69) is 11.9 Å². The van der Waals surface area contributed by atoms with Crippen LogP contribution in [0, 0.1) is 0 Å². The number of rotatable bonds is 11. The number of carbonyl (C=O) groups excluding carboxylic acids is 2. The average molecular weight is 452 g/mol. The number of ether oxygens (including phenoxy) is 1. The lowest BCUT2D eigenvalue weighted by atomic mass is 9.95. The van der Waals surface area contributed by atoms with Crippen LogP contribution in [0.25, 0.3) is 5.76 Å². The Bertz CT molecular complexity index is 971. The van der Waals surface area contributed by atoms with E-state index in [4.69, 9.17) is 4.74 Å². The molecule has 1 aliphatic rings. The Morgan fingerprint density at radius 3 is 2.39 bits per heavy atom. The van der Waals surface area contributed by atoms with E-state index in [0.717, 1.165) is 24.2 Å². The maximum Gasteiger partial charge on any atom is 0.295 e. The Hall–Kier alpha value is -3.19. The molecule has 0 bridgehead atoms. The van der Waals surface area contributed by atoms with Crippen molar-refractivity contribution < 1.29 is 19.4 Å². The zero-order valence-electron chi connectivity index (χ0n) is 19.7. The SMILES string of the molecule is CCCCCCOc1ccc(C2/C(=C(\O)c3ccncc3)C(=O)C(=O)N2CCN(C)C)cc1. The number of Topliss-reactive ketones (excluding diaryl/α,β-unsaturated/α-hetero) is 1. The monoisotopic (exact) mass is 451 g/mol. The van der Waals surface area contributed by atoms with Crippen molar-refractivity contribution in [3.8, 4) is 5.75 Å². The number of likely N-dealkylation sites (N-methyl/N-ethyl adjacent to an activating group) is 1. The number of hydrogen-bond donors (Lipinski definition) is 1. The number of aliphatic hydroxyl groups excluding tert-OH is 1. The number of aromatic nitrogens is 1. The lowest BCUT2D eigenvalue weighted by Gasteiger charge is -2.26.